The van der Waals surface area contributed by atoms with Crippen LogP contribution >= 0.6 is 0 Å². The molecule has 0 fully saturated rings. The first-order valence-corrected chi connectivity index (χ1v) is 11.5. The average molecular weight is 462 g/mol. The maximum Gasteiger partial charge on any atom is 0.431 e. The molecule has 2 N–H and O–H groups in total. The monoisotopic (exact) mass is 461 g/mol. The Balaban J connectivity index is 2.50. The number of hydrogen-bond acceptors (Lipinski definition) is 4. The standard InChI is InChI=1S/C21H27F4N3O2S/c1-6-7-16-8-9-18(21(23,24)25)28(20(16)26-13(2)3)12-15-10-14(4)19(17(22)11-15)27-31(5,29)30/h6,8-11,13,20,26-27H,1,7,12H2,2-5H3. The summed E-state index contributed by atoms with van der Waals surface area (Å²) in [6, 6.07) is 2.41. The molecule has 1 atom stereocenters. The van der Waals surface area contributed by atoms with E-state index in [4.69, 9.17) is 0 Å². The van der Waals surface area contributed by atoms with Crippen LogP contribution in [-0.2, 0) is 16.6 Å². The van der Waals surface area contributed by atoms with Crippen molar-refractivity contribution < 1.29 is 26.0 Å². The molecule has 1 aliphatic rings. The largest absolute Gasteiger partial charge is 0.431 e. The van der Waals surface area contributed by atoms with E-state index in [9.17, 15) is 26.0 Å². The van der Waals surface area contributed by atoms with Crippen LogP contribution in [0.25, 0.3) is 0 Å². The number of hydrogen-bond donors (Lipinski definition) is 2. The lowest BCUT2D eigenvalue weighted by Gasteiger charge is -2.41. The minimum atomic E-state index is -4.61. The van der Waals surface area contributed by atoms with Crippen LogP contribution in [0.5, 0.6) is 0 Å². The minimum absolute atomic E-state index is 0.117. The summed E-state index contributed by atoms with van der Waals surface area (Å²) < 4.78 is 81.0. The highest BCUT2D eigenvalue weighted by atomic mass is 32.2. The fraction of sp³-hybridized carbons (Fsp3) is 0.429. The smallest absolute Gasteiger partial charge is 0.344 e. The van der Waals surface area contributed by atoms with E-state index in [0.717, 1.165) is 23.3 Å². The molecular formula is C21H27F4N3O2S. The molecule has 1 unspecified atom stereocenters. The van der Waals surface area contributed by atoms with Crippen molar-refractivity contribution in [1.82, 2.24) is 10.2 Å². The molecule has 0 saturated carbocycles. The fourth-order valence-corrected chi connectivity index (χ4v) is 4.05. The van der Waals surface area contributed by atoms with Gasteiger partial charge in [0.05, 0.1) is 11.9 Å². The van der Waals surface area contributed by atoms with Gasteiger partial charge in [-0.05, 0) is 56.0 Å². The van der Waals surface area contributed by atoms with Crippen molar-refractivity contribution in [2.45, 2.75) is 52.1 Å². The predicted molar refractivity (Wildman–Crippen MR) is 114 cm³/mol. The zero-order chi connectivity index (χ0) is 23.6. The van der Waals surface area contributed by atoms with E-state index in [0.29, 0.717) is 12.0 Å². The molecule has 1 aromatic carbocycles. The number of aryl methyl sites for hydroxylation is 1. The third-order valence-electron chi connectivity index (χ3n) is 4.58. The lowest BCUT2D eigenvalue weighted by molar-refractivity contribution is -0.117. The average Bonchev–Trinajstić information content (AvgIpc) is 2.59. The number of allylic oxidation sites excluding steroid dienone is 4. The van der Waals surface area contributed by atoms with E-state index < -0.39 is 33.9 Å². The number of anilines is 1. The van der Waals surface area contributed by atoms with Gasteiger partial charge in [0, 0.05) is 12.6 Å². The summed E-state index contributed by atoms with van der Waals surface area (Å²) in [5, 5.41) is 3.14. The van der Waals surface area contributed by atoms with Gasteiger partial charge in [0.25, 0.3) is 0 Å². The zero-order valence-corrected chi connectivity index (χ0v) is 18.7. The van der Waals surface area contributed by atoms with Gasteiger partial charge < -0.3 is 4.90 Å². The Morgan fingerprint density at radius 1 is 1.26 bits per heavy atom. The van der Waals surface area contributed by atoms with Gasteiger partial charge in [-0.3, -0.25) is 10.0 Å². The SMILES string of the molecule is C=CCC1=CC=C(C(F)(F)F)N(Cc2cc(C)c(NS(C)(=O)=O)c(F)c2)C1NC(C)C. The molecule has 31 heavy (non-hydrogen) atoms. The summed E-state index contributed by atoms with van der Waals surface area (Å²) in [6.07, 6.45) is -0.0424. The maximum absolute atomic E-state index is 14.6. The van der Waals surface area contributed by atoms with Crippen molar-refractivity contribution in [3.05, 3.63) is 65.2 Å². The molecule has 10 heteroatoms. The third kappa shape index (κ3) is 6.57. The van der Waals surface area contributed by atoms with Gasteiger partial charge in [0.1, 0.15) is 17.7 Å². The summed E-state index contributed by atoms with van der Waals surface area (Å²) in [7, 11) is -3.71. The van der Waals surface area contributed by atoms with Crippen LogP contribution in [0.1, 0.15) is 31.4 Å². The van der Waals surface area contributed by atoms with Crippen LogP contribution in [0, 0.1) is 12.7 Å². The van der Waals surface area contributed by atoms with Crippen LogP contribution < -0.4 is 10.0 Å². The van der Waals surface area contributed by atoms with Gasteiger partial charge in [-0.1, -0.05) is 18.2 Å². The Morgan fingerprint density at radius 3 is 2.39 bits per heavy atom. The Kier molecular flexibility index (Phi) is 7.59. The van der Waals surface area contributed by atoms with E-state index in [1.165, 1.54) is 19.1 Å². The Bertz CT molecular complexity index is 975. The van der Waals surface area contributed by atoms with E-state index in [1.54, 1.807) is 6.08 Å². The quantitative estimate of drug-likeness (QED) is 0.439. The van der Waals surface area contributed by atoms with Gasteiger partial charge in [-0.25, -0.2) is 12.8 Å². The number of rotatable bonds is 8. The molecular weight excluding hydrogens is 434 g/mol. The molecule has 0 spiro atoms. The highest BCUT2D eigenvalue weighted by Crippen LogP contribution is 2.36. The summed E-state index contributed by atoms with van der Waals surface area (Å²) in [6.45, 7) is 8.57. The van der Waals surface area contributed by atoms with Gasteiger partial charge in [0.2, 0.25) is 10.0 Å². The highest BCUT2D eigenvalue weighted by Gasteiger charge is 2.42. The number of alkyl halides is 3. The molecule has 172 valence electrons. The lowest BCUT2D eigenvalue weighted by Crippen LogP contribution is -2.52. The molecule has 1 aromatic rings. The zero-order valence-electron chi connectivity index (χ0n) is 17.8. The van der Waals surface area contributed by atoms with E-state index >= 15 is 0 Å². The Hall–Kier alpha value is -2.33. The molecule has 0 aliphatic carbocycles. The first-order valence-electron chi connectivity index (χ1n) is 9.61. The topological polar surface area (TPSA) is 61.4 Å². The summed E-state index contributed by atoms with van der Waals surface area (Å²) in [5.41, 5.74) is 0.171. The normalized spacial score (nSPS) is 17.5. The van der Waals surface area contributed by atoms with Crippen LogP contribution in [0.3, 0.4) is 0 Å². The first kappa shape index (κ1) is 24.9. The van der Waals surface area contributed by atoms with Crippen molar-refractivity contribution >= 4 is 15.7 Å². The second-order valence-electron chi connectivity index (χ2n) is 7.78. The number of nitrogens with zero attached hydrogens (tertiary/aromatic N) is 1. The minimum Gasteiger partial charge on any atom is -0.344 e. The molecule has 0 saturated heterocycles. The molecule has 1 heterocycles. The van der Waals surface area contributed by atoms with E-state index in [-0.39, 0.29) is 29.4 Å². The summed E-state index contributed by atoms with van der Waals surface area (Å²) >= 11 is 0. The van der Waals surface area contributed by atoms with Crippen molar-refractivity contribution in [3.63, 3.8) is 0 Å². The van der Waals surface area contributed by atoms with Gasteiger partial charge in [-0.15, -0.1) is 6.58 Å². The summed E-state index contributed by atoms with van der Waals surface area (Å²) in [4.78, 5) is 1.15. The van der Waals surface area contributed by atoms with E-state index in [1.807, 2.05) is 13.8 Å². The molecule has 0 bridgehead atoms. The van der Waals surface area contributed by atoms with Crippen molar-refractivity contribution in [3.8, 4) is 0 Å². The fourth-order valence-electron chi connectivity index (χ4n) is 3.42. The molecule has 0 radical (unpaired) electrons. The van der Waals surface area contributed by atoms with E-state index in [2.05, 4.69) is 16.6 Å². The molecule has 5 nitrogen and oxygen atoms in total. The van der Waals surface area contributed by atoms with Crippen LogP contribution in [-0.4, -0.2) is 38.0 Å². The third-order valence-corrected chi connectivity index (χ3v) is 5.15. The molecule has 0 amide bonds. The second-order valence-corrected chi connectivity index (χ2v) is 9.53. The lowest BCUT2D eigenvalue weighted by atomic mass is 10.00. The molecule has 2 rings (SSSR count). The number of benzene rings is 1. The number of nitrogens with one attached hydrogen (secondary N) is 2. The van der Waals surface area contributed by atoms with Crippen LogP contribution in [0.15, 0.2) is 48.2 Å². The van der Waals surface area contributed by atoms with Crippen LogP contribution in [0.2, 0.25) is 0 Å². The Labute approximate surface area is 180 Å². The predicted octanol–water partition coefficient (Wildman–Crippen LogP) is 4.59. The van der Waals surface area contributed by atoms with Gasteiger partial charge in [0.15, 0.2) is 0 Å². The first-order chi connectivity index (χ1) is 14.2. The van der Waals surface area contributed by atoms with Gasteiger partial charge in [-0.2, -0.15) is 13.2 Å². The maximum atomic E-state index is 14.6. The molecule has 1 aliphatic heterocycles. The number of sulfonamides is 1. The summed E-state index contributed by atoms with van der Waals surface area (Å²) in [5.74, 6) is -0.856. The van der Waals surface area contributed by atoms with Crippen LogP contribution in [0.4, 0.5) is 23.2 Å². The van der Waals surface area contributed by atoms with Crippen molar-refractivity contribution in [2.75, 3.05) is 11.0 Å². The Morgan fingerprint density at radius 2 is 1.90 bits per heavy atom. The van der Waals surface area contributed by atoms with Gasteiger partial charge >= 0.3 is 6.18 Å². The van der Waals surface area contributed by atoms with Crippen molar-refractivity contribution in [1.29, 1.82) is 0 Å². The van der Waals surface area contributed by atoms with Crippen molar-refractivity contribution in [2.24, 2.45) is 0 Å². The highest BCUT2D eigenvalue weighted by molar-refractivity contribution is 7.92. The molecule has 0 aromatic heterocycles. The second kappa shape index (κ2) is 9.44. The number of halogens is 4.